The maximum atomic E-state index is 5.08. The van der Waals surface area contributed by atoms with Gasteiger partial charge >= 0.3 is 0 Å². The highest BCUT2D eigenvalue weighted by Crippen LogP contribution is 2.22. The summed E-state index contributed by atoms with van der Waals surface area (Å²) in [6.45, 7) is 6.52. The molecule has 1 aliphatic rings. The number of hydrogen-bond acceptors (Lipinski definition) is 1. The summed E-state index contributed by atoms with van der Waals surface area (Å²) in [7, 11) is 2.03. The third-order valence-electron chi connectivity index (χ3n) is 2.57. The van der Waals surface area contributed by atoms with Gasteiger partial charge in [-0.3, -0.25) is 0 Å². The number of hydrogen-bond donors (Lipinski definition) is 1. The summed E-state index contributed by atoms with van der Waals surface area (Å²) in [6, 6.07) is 0.449. The fourth-order valence-corrected chi connectivity index (χ4v) is 1.42. The van der Waals surface area contributed by atoms with Gasteiger partial charge in [0.1, 0.15) is 0 Å². The second-order valence-corrected chi connectivity index (χ2v) is 3.77. The van der Waals surface area contributed by atoms with E-state index in [-0.39, 0.29) is 5.54 Å². The van der Waals surface area contributed by atoms with Crippen molar-refractivity contribution in [2.45, 2.75) is 32.4 Å². The standard InChI is InChI=1S/C7H14N2S/c1-5-7(2,3)9(4)6(10)8-5/h5H,1-4H3,(H,8,10). The molecule has 0 aromatic carbocycles. The zero-order valence-corrected chi connectivity index (χ0v) is 7.75. The van der Waals surface area contributed by atoms with Gasteiger partial charge in [-0.1, -0.05) is 0 Å². The lowest BCUT2D eigenvalue weighted by Gasteiger charge is -2.30. The van der Waals surface area contributed by atoms with E-state index in [1.807, 2.05) is 7.05 Å². The maximum Gasteiger partial charge on any atom is 0.169 e. The average Bonchev–Trinajstić information content (AvgIpc) is 1.97. The minimum Gasteiger partial charge on any atom is -0.358 e. The molecule has 0 saturated carbocycles. The van der Waals surface area contributed by atoms with Crippen molar-refractivity contribution in [2.75, 3.05) is 7.05 Å². The van der Waals surface area contributed by atoms with E-state index < -0.39 is 0 Å². The van der Waals surface area contributed by atoms with E-state index in [1.165, 1.54) is 0 Å². The first-order chi connectivity index (χ1) is 4.46. The van der Waals surface area contributed by atoms with Crippen molar-refractivity contribution in [1.29, 1.82) is 0 Å². The van der Waals surface area contributed by atoms with Gasteiger partial charge in [0.2, 0.25) is 0 Å². The summed E-state index contributed by atoms with van der Waals surface area (Å²) in [4.78, 5) is 2.10. The number of nitrogens with zero attached hydrogens (tertiary/aromatic N) is 1. The Labute approximate surface area is 67.6 Å². The van der Waals surface area contributed by atoms with E-state index in [0.29, 0.717) is 6.04 Å². The van der Waals surface area contributed by atoms with E-state index in [4.69, 9.17) is 12.2 Å². The Kier molecular flexibility index (Phi) is 1.63. The van der Waals surface area contributed by atoms with Crippen molar-refractivity contribution in [3.05, 3.63) is 0 Å². The zero-order chi connectivity index (χ0) is 7.94. The summed E-state index contributed by atoms with van der Waals surface area (Å²) in [5.74, 6) is 0. The van der Waals surface area contributed by atoms with Gasteiger partial charge in [0.05, 0.1) is 5.54 Å². The summed E-state index contributed by atoms with van der Waals surface area (Å²) in [5.41, 5.74) is 0.164. The molecular formula is C7H14N2S. The lowest BCUT2D eigenvalue weighted by molar-refractivity contribution is 0.256. The third kappa shape index (κ3) is 0.888. The molecule has 0 amide bonds. The van der Waals surface area contributed by atoms with Crippen LogP contribution in [0.25, 0.3) is 0 Å². The van der Waals surface area contributed by atoms with Gasteiger partial charge in [-0.15, -0.1) is 0 Å². The van der Waals surface area contributed by atoms with E-state index in [1.54, 1.807) is 0 Å². The van der Waals surface area contributed by atoms with Gasteiger partial charge < -0.3 is 10.2 Å². The van der Waals surface area contributed by atoms with Crippen LogP contribution in [-0.2, 0) is 0 Å². The molecule has 1 aliphatic heterocycles. The molecule has 0 radical (unpaired) electrons. The lowest BCUT2D eigenvalue weighted by Crippen LogP contribution is -2.42. The molecule has 3 heteroatoms. The molecule has 0 bridgehead atoms. The topological polar surface area (TPSA) is 15.3 Å². The molecule has 58 valence electrons. The molecular weight excluding hydrogens is 144 g/mol. The van der Waals surface area contributed by atoms with Crippen molar-refractivity contribution in [3.8, 4) is 0 Å². The normalized spacial score (nSPS) is 30.6. The highest BCUT2D eigenvalue weighted by molar-refractivity contribution is 7.80. The molecule has 1 N–H and O–H groups in total. The Morgan fingerprint density at radius 2 is 2.10 bits per heavy atom. The van der Waals surface area contributed by atoms with E-state index in [0.717, 1.165) is 5.11 Å². The second-order valence-electron chi connectivity index (χ2n) is 3.38. The van der Waals surface area contributed by atoms with Crippen LogP contribution in [0, 0.1) is 0 Å². The van der Waals surface area contributed by atoms with Crippen molar-refractivity contribution in [3.63, 3.8) is 0 Å². The minimum absolute atomic E-state index is 0.164. The van der Waals surface area contributed by atoms with Crippen LogP contribution in [0.2, 0.25) is 0 Å². The van der Waals surface area contributed by atoms with Crippen LogP contribution in [0.15, 0.2) is 0 Å². The highest BCUT2D eigenvalue weighted by Gasteiger charge is 2.38. The highest BCUT2D eigenvalue weighted by atomic mass is 32.1. The average molecular weight is 158 g/mol. The van der Waals surface area contributed by atoms with Crippen LogP contribution in [0.4, 0.5) is 0 Å². The summed E-state index contributed by atoms with van der Waals surface area (Å²) in [6.07, 6.45) is 0. The smallest absolute Gasteiger partial charge is 0.169 e. The zero-order valence-electron chi connectivity index (χ0n) is 6.93. The first-order valence-corrected chi connectivity index (χ1v) is 3.91. The molecule has 0 spiro atoms. The van der Waals surface area contributed by atoms with Gasteiger partial charge in [0.25, 0.3) is 0 Å². The van der Waals surface area contributed by atoms with E-state index in [2.05, 4.69) is 31.0 Å². The molecule has 1 rings (SSSR count). The SMILES string of the molecule is CC1NC(=S)N(C)C1(C)C. The predicted molar refractivity (Wildman–Crippen MR) is 47.0 cm³/mol. The quantitative estimate of drug-likeness (QED) is 0.529. The van der Waals surface area contributed by atoms with Crippen LogP contribution in [0.3, 0.4) is 0 Å². The molecule has 1 fully saturated rings. The summed E-state index contributed by atoms with van der Waals surface area (Å²) in [5, 5.41) is 4.07. The molecule has 0 aromatic heterocycles. The van der Waals surface area contributed by atoms with Crippen LogP contribution in [0.1, 0.15) is 20.8 Å². The van der Waals surface area contributed by atoms with Crippen LogP contribution < -0.4 is 5.32 Å². The molecule has 1 unspecified atom stereocenters. The van der Waals surface area contributed by atoms with Crippen molar-refractivity contribution in [1.82, 2.24) is 10.2 Å². The lowest BCUT2D eigenvalue weighted by atomic mass is 9.97. The summed E-state index contributed by atoms with van der Waals surface area (Å²) >= 11 is 5.08. The fraction of sp³-hybridized carbons (Fsp3) is 0.857. The maximum absolute atomic E-state index is 5.08. The molecule has 10 heavy (non-hydrogen) atoms. The van der Waals surface area contributed by atoms with Crippen LogP contribution in [-0.4, -0.2) is 28.6 Å². The number of rotatable bonds is 0. The third-order valence-corrected chi connectivity index (χ3v) is 2.96. The second kappa shape index (κ2) is 2.09. The number of likely N-dealkylation sites (N-methyl/N-ethyl adjacent to an activating group) is 1. The Morgan fingerprint density at radius 1 is 1.60 bits per heavy atom. The molecule has 0 aliphatic carbocycles. The molecule has 2 nitrogen and oxygen atoms in total. The Hall–Kier alpha value is -0.310. The predicted octanol–water partition coefficient (Wildman–Crippen LogP) is 0.973. The van der Waals surface area contributed by atoms with Gasteiger partial charge in [-0.25, -0.2) is 0 Å². The van der Waals surface area contributed by atoms with E-state index in [9.17, 15) is 0 Å². The van der Waals surface area contributed by atoms with Crippen molar-refractivity contribution in [2.24, 2.45) is 0 Å². The van der Waals surface area contributed by atoms with E-state index >= 15 is 0 Å². The van der Waals surface area contributed by atoms with Gasteiger partial charge in [-0.2, -0.15) is 0 Å². The Bertz CT molecular complexity index is 165. The van der Waals surface area contributed by atoms with Crippen molar-refractivity contribution < 1.29 is 0 Å². The molecule has 1 saturated heterocycles. The molecule has 1 atom stereocenters. The van der Waals surface area contributed by atoms with Crippen LogP contribution in [0.5, 0.6) is 0 Å². The molecule has 0 aromatic rings. The minimum atomic E-state index is 0.164. The van der Waals surface area contributed by atoms with Gasteiger partial charge in [-0.05, 0) is 33.0 Å². The number of thiocarbonyl (C=S) groups is 1. The number of nitrogens with one attached hydrogen (secondary N) is 1. The monoisotopic (exact) mass is 158 g/mol. The van der Waals surface area contributed by atoms with Gasteiger partial charge in [0.15, 0.2) is 5.11 Å². The van der Waals surface area contributed by atoms with Crippen LogP contribution >= 0.6 is 12.2 Å². The molecule has 1 heterocycles. The van der Waals surface area contributed by atoms with Gasteiger partial charge in [0, 0.05) is 13.1 Å². The van der Waals surface area contributed by atoms with Crippen molar-refractivity contribution >= 4 is 17.3 Å². The first-order valence-electron chi connectivity index (χ1n) is 3.50. The first kappa shape index (κ1) is 7.79. The fourth-order valence-electron chi connectivity index (χ4n) is 1.01. The largest absolute Gasteiger partial charge is 0.358 e. The Balaban J connectivity index is 2.85. The summed E-state index contributed by atoms with van der Waals surface area (Å²) < 4.78 is 0. The Morgan fingerprint density at radius 3 is 2.20 bits per heavy atom.